The van der Waals surface area contributed by atoms with Crippen molar-refractivity contribution in [2.45, 2.75) is 141 Å². The molecule has 3 fully saturated rings. The molecule has 6 heterocycles. The Bertz CT molecular complexity index is 2900. The van der Waals surface area contributed by atoms with Crippen molar-refractivity contribution in [3.05, 3.63) is 147 Å². The van der Waals surface area contributed by atoms with E-state index in [1.807, 2.05) is 80.8 Å². The molecule has 10 rings (SSSR count). The van der Waals surface area contributed by atoms with Crippen LogP contribution in [0, 0.1) is 0 Å². The van der Waals surface area contributed by atoms with Gasteiger partial charge in [0.15, 0.2) is 0 Å². The summed E-state index contributed by atoms with van der Waals surface area (Å²) < 4.78 is 13.4. The first-order chi connectivity index (χ1) is 36.3. The van der Waals surface area contributed by atoms with Gasteiger partial charge in [-0.05, 0) is 163 Å². The molecule has 3 saturated heterocycles. The molecular formula is C58H70Cl2N9NaO7. The third-order valence-electron chi connectivity index (χ3n) is 15.1. The summed E-state index contributed by atoms with van der Waals surface area (Å²) in [5.41, 5.74) is 7.44. The summed E-state index contributed by atoms with van der Waals surface area (Å²) in [5, 5.41) is 13.4. The van der Waals surface area contributed by atoms with Crippen LogP contribution in [0.3, 0.4) is 0 Å². The number of benzene rings is 2. The van der Waals surface area contributed by atoms with Crippen molar-refractivity contribution >= 4 is 47.3 Å². The number of aromatic nitrogens is 4. The maximum atomic E-state index is 14.6. The second kappa shape index (κ2) is 24.9. The number of ether oxygens (including phenoxy) is 2. The fraction of sp³-hybridized carbons (Fsp3) is 0.500. The Morgan fingerprint density at radius 3 is 1.64 bits per heavy atom. The number of likely N-dealkylation sites (tertiary alicyclic amines) is 1. The summed E-state index contributed by atoms with van der Waals surface area (Å²) in [5.74, 6) is -1.30. The summed E-state index contributed by atoms with van der Waals surface area (Å²) in [6, 6.07) is 18.0. The van der Waals surface area contributed by atoms with Gasteiger partial charge in [0.25, 0.3) is 0 Å². The number of amides is 3. The van der Waals surface area contributed by atoms with Crippen LogP contribution in [0.5, 0.6) is 0 Å². The van der Waals surface area contributed by atoms with E-state index in [9.17, 15) is 24.3 Å². The number of piperazine rings is 2. The largest absolute Gasteiger partial charge is 1.00 e. The molecule has 404 valence electrons. The molecule has 2 aromatic carbocycles. The van der Waals surface area contributed by atoms with E-state index >= 15 is 0 Å². The number of imidazole rings is 1. The SMILES string of the molecule is CC(C)(C)OC(=O)N1CCN(C2c3ccc(Cl)cc3CCc3cccnc32)CC1C(=O)[O-].CC(C)(C)OC(=O)N1CCN(C2c3ccc(Cl)cc3CCc3cccnc32)C[C@@H]1C(=O)N1CCCCC1CCn1ccnc1.[Na+]. The van der Waals surface area contributed by atoms with Crippen molar-refractivity contribution < 1.29 is 63.3 Å². The number of fused-ring (bicyclic) bond motifs is 4. The molecule has 0 bridgehead atoms. The number of rotatable bonds is 7. The minimum atomic E-state index is -1.30. The average Bonchev–Trinajstić information content (AvgIpc) is 3.88. The molecule has 19 heteroatoms. The topological polar surface area (TPSA) is 170 Å². The molecule has 77 heavy (non-hydrogen) atoms. The zero-order chi connectivity index (χ0) is 53.9. The van der Waals surface area contributed by atoms with Gasteiger partial charge in [-0.1, -0.05) is 47.5 Å². The molecule has 5 aromatic rings. The van der Waals surface area contributed by atoms with Crippen LogP contribution < -0.4 is 34.7 Å². The Morgan fingerprint density at radius 2 is 1.14 bits per heavy atom. The van der Waals surface area contributed by atoms with Gasteiger partial charge in [-0.15, -0.1) is 0 Å². The van der Waals surface area contributed by atoms with Gasteiger partial charge in [0.1, 0.15) is 17.2 Å². The van der Waals surface area contributed by atoms with Crippen LogP contribution in [0.4, 0.5) is 9.59 Å². The van der Waals surface area contributed by atoms with Crippen molar-refractivity contribution in [1.29, 1.82) is 0 Å². The van der Waals surface area contributed by atoms with Gasteiger partial charge in [0, 0.05) is 93.2 Å². The molecule has 16 nitrogen and oxygen atoms in total. The number of carbonyl (C=O) groups is 4. The van der Waals surface area contributed by atoms with Crippen molar-refractivity contribution in [3.8, 4) is 0 Å². The first-order valence-corrected chi connectivity index (χ1v) is 27.5. The first kappa shape index (κ1) is 58.1. The van der Waals surface area contributed by atoms with E-state index in [2.05, 4.69) is 48.6 Å². The van der Waals surface area contributed by atoms with E-state index in [-0.39, 0.29) is 66.7 Å². The van der Waals surface area contributed by atoms with E-state index in [0.717, 1.165) is 91.0 Å². The van der Waals surface area contributed by atoms with Gasteiger partial charge in [0.05, 0.1) is 41.8 Å². The molecule has 0 radical (unpaired) electrons. The van der Waals surface area contributed by atoms with Gasteiger partial charge < -0.3 is 28.8 Å². The summed E-state index contributed by atoms with van der Waals surface area (Å²) in [6.45, 7) is 14.5. The second-order valence-corrected chi connectivity index (χ2v) is 23.4. The third-order valence-corrected chi connectivity index (χ3v) is 15.5. The number of carbonyl (C=O) groups excluding carboxylic acids is 4. The zero-order valence-corrected chi connectivity index (χ0v) is 49.0. The Balaban J connectivity index is 0.000000211. The number of pyridine rings is 2. The second-order valence-electron chi connectivity index (χ2n) is 22.5. The summed E-state index contributed by atoms with van der Waals surface area (Å²) in [7, 11) is 0. The van der Waals surface area contributed by atoms with Gasteiger partial charge in [0.2, 0.25) is 5.91 Å². The fourth-order valence-electron chi connectivity index (χ4n) is 11.6. The minimum absolute atomic E-state index is 0. The molecule has 0 spiro atoms. The molecule has 3 aliphatic heterocycles. The number of carboxylic acid groups (broad SMARTS) is 1. The van der Waals surface area contributed by atoms with Crippen molar-refractivity contribution in [2.75, 3.05) is 45.8 Å². The van der Waals surface area contributed by atoms with Crippen LogP contribution in [-0.4, -0.2) is 143 Å². The van der Waals surface area contributed by atoms with Crippen LogP contribution in [-0.2, 0) is 51.3 Å². The van der Waals surface area contributed by atoms with Crippen molar-refractivity contribution in [2.24, 2.45) is 0 Å². The van der Waals surface area contributed by atoms with E-state index < -0.39 is 41.4 Å². The maximum Gasteiger partial charge on any atom is 1.00 e. The van der Waals surface area contributed by atoms with E-state index in [4.69, 9.17) is 37.7 Å². The summed E-state index contributed by atoms with van der Waals surface area (Å²) >= 11 is 12.7. The molecule has 5 atom stereocenters. The Labute approximate surface area is 484 Å². The van der Waals surface area contributed by atoms with E-state index in [0.29, 0.717) is 37.7 Å². The monoisotopic (exact) mass is 1100 g/mol. The van der Waals surface area contributed by atoms with Crippen molar-refractivity contribution in [3.63, 3.8) is 0 Å². The predicted octanol–water partition coefficient (Wildman–Crippen LogP) is 5.11. The molecular weight excluding hydrogens is 1030 g/mol. The molecule has 5 aliphatic rings. The number of nitrogens with zero attached hydrogens (tertiary/aromatic N) is 9. The Morgan fingerprint density at radius 1 is 0.636 bits per heavy atom. The van der Waals surface area contributed by atoms with Crippen LogP contribution in [0.1, 0.15) is 124 Å². The number of hydrogen-bond acceptors (Lipinski definition) is 12. The van der Waals surface area contributed by atoms with Crippen LogP contribution in [0.25, 0.3) is 0 Å². The van der Waals surface area contributed by atoms with E-state index in [1.54, 1.807) is 38.1 Å². The van der Waals surface area contributed by atoms with Gasteiger partial charge >= 0.3 is 41.7 Å². The first-order valence-electron chi connectivity index (χ1n) is 26.7. The standard InChI is InChI=1S/C34H43ClN6O3.C24H28ClN3O4.Na/c1-34(2,3)44-33(43)41-20-19-39(31-28-12-11-26(35)21-25(28)10-9-24-7-6-14-37-30(24)31)22-29(41)32(42)40-16-5-4-8-27(40)13-17-38-18-15-36-23-38;1-24(2,3)32-23(31)28-12-11-27(14-19(28)22(29)30)21-18-9-8-17(25)13-16(18)7-6-15-5-4-10-26-20(15)21;/h6-7,11-12,14-15,18,21,23,27,29,31H,4-5,8-10,13,16-17,19-20,22H2,1-3H3;4-5,8-10,13,19,21H,6-7,11-12,14H2,1-3H3,(H,29,30);/q;;+1/p-1/t27?,29-,31?;;/m1../s1. The van der Waals surface area contributed by atoms with Gasteiger partial charge in [-0.2, -0.15) is 0 Å². The summed E-state index contributed by atoms with van der Waals surface area (Å²) in [4.78, 5) is 76.1. The number of aliphatic carboxylic acids is 1. The van der Waals surface area contributed by atoms with Crippen LogP contribution in [0.15, 0.2) is 91.8 Å². The Kier molecular flexibility index (Phi) is 18.8. The number of halogens is 2. The van der Waals surface area contributed by atoms with Gasteiger partial charge in [-0.3, -0.25) is 34.4 Å². The zero-order valence-electron chi connectivity index (χ0n) is 45.5. The van der Waals surface area contributed by atoms with Crippen LogP contribution in [0.2, 0.25) is 10.0 Å². The van der Waals surface area contributed by atoms with Gasteiger partial charge in [-0.25, -0.2) is 14.6 Å². The third kappa shape index (κ3) is 13.9. The molecule has 2 aliphatic carbocycles. The molecule has 4 unspecified atom stereocenters. The molecule has 3 aromatic heterocycles. The fourth-order valence-corrected chi connectivity index (χ4v) is 12.0. The maximum absolute atomic E-state index is 14.6. The molecule has 3 amide bonds. The molecule has 0 saturated carbocycles. The average molecular weight is 1100 g/mol. The minimum Gasteiger partial charge on any atom is -0.548 e. The quantitative estimate of drug-likeness (QED) is 0.198. The van der Waals surface area contributed by atoms with Crippen LogP contribution >= 0.6 is 23.2 Å². The Hall–Kier alpha value is -5.07. The summed E-state index contributed by atoms with van der Waals surface area (Å²) in [6.07, 6.45) is 15.4. The van der Waals surface area contributed by atoms with E-state index in [1.165, 1.54) is 21.6 Å². The predicted molar refractivity (Wildman–Crippen MR) is 288 cm³/mol. The number of carboxylic acids is 1. The number of aryl methyl sites for hydroxylation is 5. The normalized spacial score (nSPS) is 21.8. The number of piperidine rings is 1. The molecule has 0 N–H and O–H groups in total. The smallest absolute Gasteiger partial charge is 0.548 e. The van der Waals surface area contributed by atoms with Crippen molar-refractivity contribution in [1.82, 2.24) is 44.0 Å². The number of hydrogen-bond donors (Lipinski definition) is 0.